The summed E-state index contributed by atoms with van der Waals surface area (Å²) in [4.78, 5) is 4.11. The third-order valence-corrected chi connectivity index (χ3v) is 3.46. The van der Waals surface area contributed by atoms with Gasteiger partial charge in [-0.15, -0.1) is 0 Å². The van der Waals surface area contributed by atoms with Gasteiger partial charge in [0.05, 0.1) is 5.56 Å². The van der Waals surface area contributed by atoms with E-state index in [9.17, 15) is 13.2 Å². The number of halogens is 3. The summed E-state index contributed by atoms with van der Waals surface area (Å²) in [6, 6.07) is 2.25. The van der Waals surface area contributed by atoms with Crippen LogP contribution < -0.4 is 0 Å². The largest absolute Gasteiger partial charge is 0.416 e. The summed E-state index contributed by atoms with van der Waals surface area (Å²) in [6.07, 6.45) is 1.18. The Bertz CT molecular complexity index is 386. The second-order valence-corrected chi connectivity index (χ2v) is 4.94. The van der Waals surface area contributed by atoms with Gasteiger partial charge in [-0.3, -0.25) is 4.98 Å². The van der Waals surface area contributed by atoms with Crippen LogP contribution in [0, 0.1) is 5.92 Å². The van der Waals surface area contributed by atoms with Crippen molar-refractivity contribution in [2.24, 2.45) is 5.92 Å². The Morgan fingerprint density at radius 3 is 2.71 bits per heavy atom. The molecule has 2 rings (SSSR count). The summed E-state index contributed by atoms with van der Waals surface area (Å²) in [7, 11) is 0. The van der Waals surface area contributed by atoms with Crippen LogP contribution in [0.25, 0.3) is 0 Å². The van der Waals surface area contributed by atoms with Gasteiger partial charge in [0, 0.05) is 17.8 Å². The van der Waals surface area contributed by atoms with E-state index in [4.69, 9.17) is 0 Å². The van der Waals surface area contributed by atoms with Crippen molar-refractivity contribution in [1.82, 2.24) is 4.98 Å². The first kappa shape index (κ1) is 12.4. The van der Waals surface area contributed by atoms with Crippen LogP contribution in [0.4, 0.5) is 13.2 Å². The van der Waals surface area contributed by atoms with Crippen LogP contribution in [0.5, 0.6) is 0 Å². The van der Waals surface area contributed by atoms with Crippen molar-refractivity contribution in [3.05, 3.63) is 29.6 Å². The van der Waals surface area contributed by atoms with Gasteiger partial charge in [-0.25, -0.2) is 0 Å². The molecule has 0 N–H and O–H groups in total. The summed E-state index contributed by atoms with van der Waals surface area (Å²) in [5.74, 6) is 0.783. The molecular formula is C13H16F3N. The van der Waals surface area contributed by atoms with E-state index in [0.717, 1.165) is 25.3 Å². The molecule has 1 saturated carbocycles. The Balaban J connectivity index is 2.21. The highest BCUT2D eigenvalue weighted by atomic mass is 19.4. The molecule has 0 saturated heterocycles. The molecule has 0 radical (unpaired) electrons. The van der Waals surface area contributed by atoms with Crippen LogP contribution in [0.3, 0.4) is 0 Å². The standard InChI is InChI=1S/C13H16F3N/c1-9-3-2-4-10(7-9)12-8-11(5-6-17-12)13(14,15)16/h5-6,8-10H,2-4,7H2,1H3/t9-,10+/m1/s1. The minimum atomic E-state index is -4.27. The number of aromatic nitrogens is 1. The lowest BCUT2D eigenvalue weighted by molar-refractivity contribution is -0.137. The minimum Gasteiger partial charge on any atom is -0.261 e. The van der Waals surface area contributed by atoms with Gasteiger partial charge in [-0.2, -0.15) is 13.2 Å². The molecule has 2 atom stereocenters. The highest BCUT2D eigenvalue weighted by Gasteiger charge is 2.31. The molecule has 1 aromatic heterocycles. The second-order valence-electron chi connectivity index (χ2n) is 4.94. The first-order chi connectivity index (χ1) is 7.97. The van der Waals surface area contributed by atoms with Crippen molar-refractivity contribution in [3.63, 3.8) is 0 Å². The molecule has 0 bridgehead atoms. The third-order valence-electron chi connectivity index (χ3n) is 3.46. The first-order valence-corrected chi connectivity index (χ1v) is 6.00. The van der Waals surface area contributed by atoms with E-state index in [0.29, 0.717) is 11.6 Å². The van der Waals surface area contributed by atoms with Gasteiger partial charge in [-0.1, -0.05) is 19.8 Å². The molecule has 94 valence electrons. The van der Waals surface area contributed by atoms with Gasteiger partial charge in [0.1, 0.15) is 0 Å². The molecule has 0 amide bonds. The van der Waals surface area contributed by atoms with Crippen LogP contribution in [-0.4, -0.2) is 4.98 Å². The molecule has 0 aromatic carbocycles. The zero-order valence-electron chi connectivity index (χ0n) is 9.80. The quantitative estimate of drug-likeness (QED) is 0.712. The predicted molar refractivity (Wildman–Crippen MR) is 59.6 cm³/mol. The Morgan fingerprint density at radius 1 is 1.29 bits per heavy atom. The Hall–Kier alpha value is -1.06. The summed E-state index contributed by atoms with van der Waals surface area (Å²) >= 11 is 0. The van der Waals surface area contributed by atoms with Crippen molar-refractivity contribution in [2.75, 3.05) is 0 Å². The topological polar surface area (TPSA) is 12.9 Å². The molecule has 17 heavy (non-hydrogen) atoms. The van der Waals surface area contributed by atoms with Gasteiger partial charge < -0.3 is 0 Å². The third kappa shape index (κ3) is 2.99. The van der Waals surface area contributed by atoms with Crippen molar-refractivity contribution >= 4 is 0 Å². The molecule has 1 heterocycles. The summed E-state index contributed by atoms with van der Waals surface area (Å²) < 4.78 is 37.8. The highest BCUT2D eigenvalue weighted by molar-refractivity contribution is 5.22. The number of rotatable bonds is 1. The van der Waals surface area contributed by atoms with E-state index in [1.165, 1.54) is 18.7 Å². The molecule has 4 heteroatoms. The van der Waals surface area contributed by atoms with Crippen LogP contribution >= 0.6 is 0 Å². The van der Waals surface area contributed by atoms with E-state index >= 15 is 0 Å². The zero-order valence-corrected chi connectivity index (χ0v) is 9.80. The predicted octanol–water partition coefficient (Wildman–Crippen LogP) is 4.39. The minimum absolute atomic E-state index is 0.195. The van der Waals surface area contributed by atoms with Crippen molar-refractivity contribution < 1.29 is 13.2 Å². The van der Waals surface area contributed by atoms with E-state index in [-0.39, 0.29) is 5.92 Å². The second kappa shape index (κ2) is 4.67. The van der Waals surface area contributed by atoms with Crippen molar-refractivity contribution in [3.8, 4) is 0 Å². The fourth-order valence-electron chi connectivity index (χ4n) is 2.55. The van der Waals surface area contributed by atoms with Crippen LogP contribution in [0.2, 0.25) is 0 Å². The van der Waals surface area contributed by atoms with Gasteiger partial charge in [0.15, 0.2) is 0 Å². The van der Waals surface area contributed by atoms with Crippen LogP contribution in [0.15, 0.2) is 18.3 Å². The number of pyridine rings is 1. The molecule has 0 unspecified atom stereocenters. The Labute approximate surface area is 99.1 Å². The van der Waals surface area contributed by atoms with E-state index in [1.807, 2.05) is 0 Å². The molecular weight excluding hydrogens is 227 g/mol. The van der Waals surface area contributed by atoms with E-state index < -0.39 is 11.7 Å². The van der Waals surface area contributed by atoms with Gasteiger partial charge in [0.25, 0.3) is 0 Å². The smallest absolute Gasteiger partial charge is 0.261 e. The number of nitrogens with zero attached hydrogens (tertiary/aromatic N) is 1. The lowest BCUT2D eigenvalue weighted by Crippen LogP contribution is -2.14. The summed E-state index contributed by atoms with van der Waals surface area (Å²) in [5, 5.41) is 0. The Morgan fingerprint density at radius 2 is 2.06 bits per heavy atom. The lowest BCUT2D eigenvalue weighted by atomic mass is 9.80. The molecule has 0 aliphatic heterocycles. The van der Waals surface area contributed by atoms with Gasteiger partial charge >= 0.3 is 6.18 Å². The fraction of sp³-hybridized carbons (Fsp3) is 0.615. The Kier molecular flexibility index (Phi) is 3.40. The summed E-state index contributed by atoms with van der Waals surface area (Å²) in [6.45, 7) is 2.15. The van der Waals surface area contributed by atoms with E-state index in [1.54, 1.807) is 0 Å². The maximum absolute atomic E-state index is 12.6. The van der Waals surface area contributed by atoms with E-state index in [2.05, 4.69) is 11.9 Å². The SMILES string of the molecule is C[C@@H]1CCC[C@H](c2cc(C(F)(F)F)ccn2)C1. The zero-order chi connectivity index (χ0) is 12.5. The number of hydrogen-bond donors (Lipinski definition) is 0. The van der Waals surface area contributed by atoms with Crippen LogP contribution in [-0.2, 0) is 6.18 Å². The lowest BCUT2D eigenvalue weighted by Gasteiger charge is -2.26. The fourth-order valence-corrected chi connectivity index (χ4v) is 2.55. The first-order valence-electron chi connectivity index (χ1n) is 6.00. The molecule has 1 aliphatic rings. The summed E-state index contributed by atoms with van der Waals surface area (Å²) in [5.41, 5.74) is 0.0205. The molecule has 1 fully saturated rings. The average Bonchev–Trinajstić information content (AvgIpc) is 2.28. The van der Waals surface area contributed by atoms with Crippen LogP contribution in [0.1, 0.15) is 49.8 Å². The average molecular weight is 243 g/mol. The highest BCUT2D eigenvalue weighted by Crippen LogP contribution is 2.37. The van der Waals surface area contributed by atoms with Gasteiger partial charge in [-0.05, 0) is 30.9 Å². The number of alkyl halides is 3. The molecule has 1 aromatic rings. The number of hydrogen-bond acceptors (Lipinski definition) is 1. The molecule has 0 spiro atoms. The monoisotopic (exact) mass is 243 g/mol. The normalized spacial score (nSPS) is 25.9. The van der Waals surface area contributed by atoms with Crippen molar-refractivity contribution in [1.29, 1.82) is 0 Å². The molecule has 1 nitrogen and oxygen atoms in total. The van der Waals surface area contributed by atoms with Gasteiger partial charge in [0.2, 0.25) is 0 Å². The molecule has 1 aliphatic carbocycles. The maximum atomic E-state index is 12.6. The van der Waals surface area contributed by atoms with Crippen molar-refractivity contribution in [2.45, 2.75) is 44.7 Å². The maximum Gasteiger partial charge on any atom is 0.416 e.